The summed E-state index contributed by atoms with van der Waals surface area (Å²) in [6, 6.07) is 11.0. The van der Waals surface area contributed by atoms with Crippen LogP contribution in [0.25, 0.3) is 10.9 Å². The smallest absolute Gasteiger partial charge is 0.242 e. The summed E-state index contributed by atoms with van der Waals surface area (Å²) in [5.41, 5.74) is 4.57. The molecule has 2 amide bonds. The van der Waals surface area contributed by atoms with Crippen LogP contribution >= 0.6 is 0 Å². The third kappa shape index (κ3) is 5.14. The molecule has 8 heteroatoms. The minimum atomic E-state index is -0.578. The molecule has 8 nitrogen and oxygen atoms in total. The molecule has 0 unspecified atom stereocenters. The van der Waals surface area contributed by atoms with E-state index in [0.717, 1.165) is 36.6 Å². The van der Waals surface area contributed by atoms with Gasteiger partial charge in [-0.25, -0.2) is 10.5 Å². The molecule has 1 aliphatic carbocycles. The van der Waals surface area contributed by atoms with E-state index >= 15 is 0 Å². The largest absolute Gasteiger partial charge is 0.297 e. The molecule has 2 atom stereocenters. The first-order valence-electron chi connectivity index (χ1n) is 11.4. The van der Waals surface area contributed by atoms with Gasteiger partial charge in [0.15, 0.2) is 5.78 Å². The van der Waals surface area contributed by atoms with E-state index < -0.39 is 12.0 Å². The van der Waals surface area contributed by atoms with Crippen LogP contribution in [0, 0.1) is 11.8 Å². The van der Waals surface area contributed by atoms with Crippen molar-refractivity contribution in [1.82, 2.24) is 20.5 Å². The Labute approximate surface area is 187 Å². The number of nitrogens with one attached hydrogen (secondary N) is 1. The zero-order chi connectivity index (χ0) is 22.5. The number of hydroxylamine groups is 2. The minimum Gasteiger partial charge on any atom is -0.297 e. The van der Waals surface area contributed by atoms with E-state index in [1.807, 2.05) is 36.4 Å². The Kier molecular flexibility index (Phi) is 7.12. The third-order valence-electron chi connectivity index (χ3n) is 6.60. The molecule has 2 aromatic rings. The first-order valence-corrected chi connectivity index (χ1v) is 11.4. The maximum atomic E-state index is 13.4. The second kappa shape index (κ2) is 10.2. The third-order valence-corrected chi connectivity index (χ3v) is 6.60. The summed E-state index contributed by atoms with van der Waals surface area (Å²) in [4.78, 5) is 42.0. The highest BCUT2D eigenvalue weighted by molar-refractivity contribution is 5.91. The highest BCUT2D eigenvalue weighted by atomic mass is 16.5. The van der Waals surface area contributed by atoms with Gasteiger partial charge in [0.2, 0.25) is 12.3 Å². The number of benzene rings is 1. The Hall–Kier alpha value is -2.84. The molecule has 1 saturated heterocycles. The predicted octanol–water partition coefficient (Wildman–Crippen LogP) is 2.50. The molecule has 32 heavy (non-hydrogen) atoms. The second-order valence-corrected chi connectivity index (χ2v) is 8.87. The highest BCUT2D eigenvalue weighted by Gasteiger charge is 2.38. The summed E-state index contributed by atoms with van der Waals surface area (Å²) in [7, 11) is 0. The first kappa shape index (κ1) is 22.4. The molecule has 2 fully saturated rings. The number of pyridine rings is 1. The van der Waals surface area contributed by atoms with Crippen molar-refractivity contribution in [3.8, 4) is 0 Å². The van der Waals surface area contributed by atoms with Crippen LogP contribution in [0.1, 0.15) is 44.2 Å². The van der Waals surface area contributed by atoms with E-state index in [2.05, 4.69) is 10.4 Å². The van der Waals surface area contributed by atoms with E-state index in [9.17, 15) is 19.6 Å². The molecule has 0 bridgehead atoms. The molecule has 2 aliphatic rings. The van der Waals surface area contributed by atoms with Gasteiger partial charge in [-0.15, -0.1) is 0 Å². The van der Waals surface area contributed by atoms with E-state index in [4.69, 9.17) is 0 Å². The van der Waals surface area contributed by atoms with Gasteiger partial charge in [0.1, 0.15) is 6.04 Å². The molecule has 1 aromatic heterocycles. The molecule has 0 spiro atoms. The Morgan fingerprint density at radius 2 is 1.97 bits per heavy atom. The topological polar surface area (TPSA) is 103 Å². The molecule has 1 aliphatic heterocycles. The molecule has 1 aromatic carbocycles. The van der Waals surface area contributed by atoms with E-state index in [1.165, 1.54) is 5.01 Å². The Morgan fingerprint density at radius 1 is 1.19 bits per heavy atom. The number of hydrogen-bond acceptors (Lipinski definition) is 6. The van der Waals surface area contributed by atoms with Crippen molar-refractivity contribution in [3.05, 3.63) is 42.1 Å². The maximum absolute atomic E-state index is 13.4. The average Bonchev–Trinajstić information content (AvgIpc) is 3.50. The van der Waals surface area contributed by atoms with Crippen LogP contribution in [-0.2, 0) is 20.8 Å². The number of carbonyl (C=O) groups is 3. The van der Waals surface area contributed by atoms with Gasteiger partial charge in [0.25, 0.3) is 0 Å². The maximum Gasteiger partial charge on any atom is 0.242 e. The highest BCUT2D eigenvalue weighted by Crippen LogP contribution is 2.31. The van der Waals surface area contributed by atoms with Gasteiger partial charge in [-0.2, -0.15) is 0 Å². The number of aromatic nitrogens is 1. The fraction of sp³-hybridized carbons (Fsp3) is 0.500. The van der Waals surface area contributed by atoms with Gasteiger partial charge >= 0.3 is 0 Å². The molecule has 2 heterocycles. The van der Waals surface area contributed by atoms with Gasteiger partial charge in [-0.3, -0.25) is 29.6 Å². The monoisotopic (exact) mass is 438 g/mol. The van der Waals surface area contributed by atoms with Crippen molar-refractivity contribution in [2.24, 2.45) is 11.8 Å². The lowest BCUT2D eigenvalue weighted by Crippen LogP contribution is -2.51. The number of hydrogen-bond donors (Lipinski definition) is 2. The Balaban J connectivity index is 1.46. The predicted molar refractivity (Wildman–Crippen MR) is 118 cm³/mol. The number of amides is 2. The number of fused-ring (bicyclic) bond motifs is 1. The number of hydrazine groups is 1. The number of Topliss-reactive ketones (excluding diaryl/α,β-unsaturated/α-hetero) is 1. The quantitative estimate of drug-likeness (QED) is 0.354. The summed E-state index contributed by atoms with van der Waals surface area (Å²) in [5.74, 6) is -0.447. The molecule has 4 rings (SSSR count). The lowest BCUT2D eigenvalue weighted by molar-refractivity contribution is -0.159. The van der Waals surface area contributed by atoms with Crippen molar-refractivity contribution >= 4 is 29.0 Å². The lowest BCUT2D eigenvalue weighted by Gasteiger charge is -2.30. The van der Waals surface area contributed by atoms with Crippen molar-refractivity contribution < 1.29 is 19.6 Å². The molecule has 170 valence electrons. The fourth-order valence-corrected chi connectivity index (χ4v) is 4.97. The van der Waals surface area contributed by atoms with Crippen molar-refractivity contribution in [2.45, 2.75) is 51.0 Å². The number of para-hydroxylation sites is 1. The second-order valence-electron chi connectivity index (χ2n) is 8.87. The van der Waals surface area contributed by atoms with Crippen LogP contribution in [0.2, 0.25) is 0 Å². The van der Waals surface area contributed by atoms with Gasteiger partial charge in [0.05, 0.1) is 24.4 Å². The molecule has 0 radical (unpaired) electrons. The minimum absolute atomic E-state index is 0.0653. The summed E-state index contributed by atoms with van der Waals surface area (Å²) >= 11 is 0. The summed E-state index contributed by atoms with van der Waals surface area (Å²) in [6.45, 7) is 0.462. The van der Waals surface area contributed by atoms with E-state index in [-0.39, 0.29) is 24.7 Å². The van der Waals surface area contributed by atoms with Gasteiger partial charge in [-0.05, 0) is 30.9 Å². The number of nitrogens with zero attached hydrogens (tertiary/aromatic N) is 3. The van der Waals surface area contributed by atoms with Crippen LogP contribution in [0.4, 0.5) is 0 Å². The van der Waals surface area contributed by atoms with Gasteiger partial charge < -0.3 is 0 Å². The first-order chi connectivity index (χ1) is 15.5. The zero-order valence-electron chi connectivity index (χ0n) is 18.2. The fourth-order valence-electron chi connectivity index (χ4n) is 4.97. The number of rotatable bonds is 9. The lowest BCUT2D eigenvalue weighted by atomic mass is 9.91. The van der Waals surface area contributed by atoms with Gasteiger partial charge in [-0.1, -0.05) is 49.9 Å². The van der Waals surface area contributed by atoms with Gasteiger partial charge in [0, 0.05) is 17.6 Å². The normalized spacial score (nSPS) is 19.9. The SMILES string of the molecule is O=CN(O)C[C@@H](CC1CCCC1)C(=O)N1NCC[C@H]1C(=O)Cc1ccc2ccccc2n1. The molecular weight excluding hydrogens is 408 g/mol. The number of ketones is 1. The molecule has 1 saturated carbocycles. The standard InChI is InChI=1S/C24H30N4O4/c29-16-27(32)15-19(13-17-5-1-2-6-17)24(31)28-22(11-12-25-28)23(30)14-20-10-9-18-7-3-4-8-21(18)26-20/h3-4,7-10,16-17,19,22,25,32H,1-2,5-6,11-15H2/t19-,22+/m1/s1. The molecule has 2 N–H and O–H groups in total. The Morgan fingerprint density at radius 3 is 2.75 bits per heavy atom. The Bertz CT molecular complexity index is 975. The summed E-state index contributed by atoms with van der Waals surface area (Å²) in [5, 5.41) is 12.7. The van der Waals surface area contributed by atoms with Crippen LogP contribution < -0.4 is 5.43 Å². The van der Waals surface area contributed by atoms with Crippen molar-refractivity contribution in [2.75, 3.05) is 13.1 Å². The van der Waals surface area contributed by atoms with Crippen LogP contribution in [-0.4, -0.2) is 57.5 Å². The van der Waals surface area contributed by atoms with Crippen LogP contribution in [0.5, 0.6) is 0 Å². The average molecular weight is 439 g/mol. The van der Waals surface area contributed by atoms with E-state index in [1.54, 1.807) is 0 Å². The van der Waals surface area contributed by atoms with Crippen molar-refractivity contribution in [3.63, 3.8) is 0 Å². The number of carbonyl (C=O) groups excluding carboxylic acids is 3. The van der Waals surface area contributed by atoms with Crippen molar-refractivity contribution in [1.29, 1.82) is 0 Å². The summed E-state index contributed by atoms with van der Waals surface area (Å²) in [6.07, 6.45) is 6.00. The van der Waals surface area contributed by atoms with Crippen LogP contribution in [0.3, 0.4) is 0 Å². The van der Waals surface area contributed by atoms with Crippen LogP contribution in [0.15, 0.2) is 36.4 Å². The molecular formula is C24H30N4O4. The van der Waals surface area contributed by atoms with E-state index in [0.29, 0.717) is 42.5 Å². The zero-order valence-corrected chi connectivity index (χ0v) is 18.2. The summed E-state index contributed by atoms with van der Waals surface area (Å²) < 4.78 is 0.